The quantitative estimate of drug-likeness (QED) is 0.858. The monoisotopic (exact) mass is 298 g/mol. The number of rotatable bonds is 2. The van der Waals surface area contributed by atoms with Gasteiger partial charge in [-0.05, 0) is 55.2 Å². The highest BCUT2D eigenvalue weighted by molar-refractivity contribution is 5.95. The molecule has 0 radical (unpaired) electrons. The maximum atomic E-state index is 13.1. The number of likely N-dealkylation sites (tertiary alicyclic amines) is 1. The summed E-state index contributed by atoms with van der Waals surface area (Å²) in [5, 5.41) is 0. The molecule has 1 aliphatic heterocycles. The van der Waals surface area contributed by atoms with E-state index >= 15 is 0 Å². The zero-order valence-electron chi connectivity index (χ0n) is 12.3. The zero-order valence-corrected chi connectivity index (χ0v) is 12.3. The molecular formula is C18H19FN2O. The molecule has 2 aromatic rings. The predicted octanol–water partition coefficient (Wildman–Crippen LogP) is 3.78. The predicted molar refractivity (Wildman–Crippen MR) is 84.9 cm³/mol. The summed E-state index contributed by atoms with van der Waals surface area (Å²) in [5.74, 6) is -0.269. The molecule has 3 nitrogen and oxygen atoms in total. The van der Waals surface area contributed by atoms with E-state index in [4.69, 9.17) is 5.73 Å². The van der Waals surface area contributed by atoms with Gasteiger partial charge in [0.25, 0.3) is 5.91 Å². The molecular weight excluding hydrogens is 279 g/mol. The lowest BCUT2D eigenvalue weighted by atomic mass is 9.94. The highest BCUT2D eigenvalue weighted by Gasteiger charge is 2.28. The topological polar surface area (TPSA) is 46.3 Å². The van der Waals surface area contributed by atoms with Crippen molar-refractivity contribution in [2.75, 3.05) is 12.3 Å². The van der Waals surface area contributed by atoms with E-state index in [-0.39, 0.29) is 17.8 Å². The molecule has 1 heterocycles. The number of piperidine rings is 1. The summed E-state index contributed by atoms with van der Waals surface area (Å²) >= 11 is 0. The third-order valence-electron chi connectivity index (χ3n) is 4.15. The van der Waals surface area contributed by atoms with Crippen LogP contribution in [0.3, 0.4) is 0 Å². The van der Waals surface area contributed by atoms with Crippen LogP contribution in [0.1, 0.15) is 41.2 Å². The zero-order chi connectivity index (χ0) is 15.5. The van der Waals surface area contributed by atoms with Crippen molar-refractivity contribution in [1.29, 1.82) is 0 Å². The van der Waals surface area contributed by atoms with Gasteiger partial charge in [-0.2, -0.15) is 0 Å². The van der Waals surface area contributed by atoms with Crippen molar-refractivity contribution in [2.24, 2.45) is 0 Å². The molecule has 4 heteroatoms. The number of nitrogens with zero attached hydrogens (tertiary/aromatic N) is 1. The summed E-state index contributed by atoms with van der Waals surface area (Å²) in [5.41, 5.74) is 7.95. The Bertz CT molecular complexity index is 669. The molecule has 2 aromatic carbocycles. The second-order valence-electron chi connectivity index (χ2n) is 5.69. The first-order valence-corrected chi connectivity index (χ1v) is 7.57. The summed E-state index contributed by atoms with van der Waals surface area (Å²) in [4.78, 5) is 14.7. The summed E-state index contributed by atoms with van der Waals surface area (Å²) < 4.78 is 13.1. The van der Waals surface area contributed by atoms with Crippen LogP contribution in [0, 0.1) is 5.82 Å². The van der Waals surface area contributed by atoms with Crippen LogP contribution in [-0.4, -0.2) is 17.4 Å². The van der Waals surface area contributed by atoms with Crippen molar-refractivity contribution in [3.8, 4) is 0 Å². The van der Waals surface area contributed by atoms with Crippen molar-refractivity contribution >= 4 is 11.6 Å². The molecule has 1 saturated heterocycles. The maximum Gasteiger partial charge on any atom is 0.254 e. The van der Waals surface area contributed by atoms with Crippen LogP contribution in [-0.2, 0) is 0 Å². The molecule has 0 aliphatic carbocycles. The number of halogens is 1. The Kier molecular flexibility index (Phi) is 4.09. The first-order chi connectivity index (χ1) is 10.6. The molecule has 1 fully saturated rings. The summed E-state index contributed by atoms with van der Waals surface area (Å²) in [6, 6.07) is 13.5. The van der Waals surface area contributed by atoms with Crippen LogP contribution in [0.2, 0.25) is 0 Å². The number of amides is 1. The van der Waals surface area contributed by atoms with E-state index in [2.05, 4.69) is 0 Å². The normalized spacial score (nSPS) is 18.2. The van der Waals surface area contributed by atoms with Gasteiger partial charge in [0.1, 0.15) is 5.82 Å². The molecule has 2 N–H and O–H groups in total. The molecule has 3 rings (SSSR count). The van der Waals surface area contributed by atoms with E-state index in [1.54, 1.807) is 36.4 Å². The second kappa shape index (κ2) is 6.18. The number of nitrogens with two attached hydrogens (primary N) is 1. The van der Waals surface area contributed by atoms with Crippen LogP contribution < -0.4 is 5.73 Å². The van der Waals surface area contributed by atoms with Gasteiger partial charge in [0, 0.05) is 17.8 Å². The number of anilines is 1. The molecule has 0 spiro atoms. The largest absolute Gasteiger partial charge is 0.399 e. The molecule has 0 saturated carbocycles. The van der Waals surface area contributed by atoms with Gasteiger partial charge in [-0.25, -0.2) is 4.39 Å². The molecule has 0 bridgehead atoms. The lowest BCUT2D eigenvalue weighted by Crippen LogP contribution is -2.38. The van der Waals surface area contributed by atoms with Gasteiger partial charge < -0.3 is 10.6 Å². The van der Waals surface area contributed by atoms with E-state index in [0.717, 1.165) is 31.4 Å². The van der Waals surface area contributed by atoms with Crippen molar-refractivity contribution in [1.82, 2.24) is 4.90 Å². The Labute approximate surface area is 129 Å². The Morgan fingerprint density at radius 3 is 2.64 bits per heavy atom. The van der Waals surface area contributed by atoms with Crippen LogP contribution in [0.5, 0.6) is 0 Å². The number of nitrogen functional groups attached to an aromatic ring is 1. The van der Waals surface area contributed by atoms with E-state index in [1.807, 2.05) is 4.90 Å². The third-order valence-corrected chi connectivity index (χ3v) is 4.15. The highest BCUT2D eigenvalue weighted by Crippen LogP contribution is 2.32. The molecule has 1 aliphatic rings. The Morgan fingerprint density at radius 1 is 1.14 bits per heavy atom. The summed E-state index contributed by atoms with van der Waals surface area (Å²) in [7, 11) is 0. The fourth-order valence-corrected chi connectivity index (χ4v) is 3.04. The molecule has 22 heavy (non-hydrogen) atoms. The minimum atomic E-state index is -0.256. The molecule has 114 valence electrons. The number of benzene rings is 2. The van der Waals surface area contributed by atoms with Gasteiger partial charge in [-0.15, -0.1) is 0 Å². The van der Waals surface area contributed by atoms with E-state index in [1.165, 1.54) is 12.1 Å². The summed E-state index contributed by atoms with van der Waals surface area (Å²) in [6.45, 7) is 0.718. The number of hydrogen-bond acceptors (Lipinski definition) is 2. The van der Waals surface area contributed by atoms with Gasteiger partial charge in [-0.3, -0.25) is 4.79 Å². The molecule has 0 aromatic heterocycles. The summed E-state index contributed by atoms with van der Waals surface area (Å²) in [6.07, 6.45) is 2.97. The third kappa shape index (κ3) is 2.96. The number of hydrogen-bond donors (Lipinski definition) is 1. The fourth-order valence-electron chi connectivity index (χ4n) is 3.04. The van der Waals surface area contributed by atoms with Crippen molar-refractivity contribution < 1.29 is 9.18 Å². The minimum Gasteiger partial charge on any atom is -0.399 e. The van der Waals surface area contributed by atoms with Gasteiger partial charge in [0.05, 0.1) is 6.04 Å². The van der Waals surface area contributed by atoms with Crippen molar-refractivity contribution in [3.63, 3.8) is 0 Å². The SMILES string of the molecule is Nc1cccc(C(=O)N2CCCCC2c2ccc(F)cc2)c1. The van der Waals surface area contributed by atoms with E-state index in [0.29, 0.717) is 11.3 Å². The average Bonchev–Trinajstić information content (AvgIpc) is 2.55. The van der Waals surface area contributed by atoms with E-state index in [9.17, 15) is 9.18 Å². The van der Waals surface area contributed by atoms with Crippen LogP contribution in [0.15, 0.2) is 48.5 Å². The minimum absolute atomic E-state index is 0.00304. The van der Waals surface area contributed by atoms with Gasteiger partial charge in [-0.1, -0.05) is 18.2 Å². The van der Waals surface area contributed by atoms with Gasteiger partial charge in [0.15, 0.2) is 0 Å². The van der Waals surface area contributed by atoms with Crippen LogP contribution in [0.4, 0.5) is 10.1 Å². The number of carbonyl (C=O) groups excluding carboxylic acids is 1. The van der Waals surface area contributed by atoms with Crippen molar-refractivity contribution in [3.05, 3.63) is 65.5 Å². The second-order valence-corrected chi connectivity index (χ2v) is 5.69. The fraction of sp³-hybridized carbons (Fsp3) is 0.278. The lowest BCUT2D eigenvalue weighted by molar-refractivity contribution is 0.0611. The maximum absolute atomic E-state index is 13.1. The first kappa shape index (κ1) is 14.6. The first-order valence-electron chi connectivity index (χ1n) is 7.57. The molecule has 1 unspecified atom stereocenters. The number of carbonyl (C=O) groups is 1. The smallest absolute Gasteiger partial charge is 0.254 e. The molecule has 1 atom stereocenters. The van der Waals surface area contributed by atoms with Crippen molar-refractivity contribution in [2.45, 2.75) is 25.3 Å². The Hall–Kier alpha value is -2.36. The van der Waals surface area contributed by atoms with E-state index < -0.39 is 0 Å². The van der Waals surface area contributed by atoms with Gasteiger partial charge in [0.2, 0.25) is 0 Å². The molecule has 1 amide bonds. The lowest BCUT2D eigenvalue weighted by Gasteiger charge is -2.36. The standard InChI is InChI=1S/C18H19FN2O/c19-15-9-7-13(8-10-15)17-6-1-2-11-21(17)18(22)14-4-3-5-16(20)12-14/h3-5,7-10,12,17H,1-2,6,11,20H2. The highest BCUT2D eigenvalue weighted by atomic mass is 19.1. The van der Waals surface area contributed by atoms with Crippen LogP contribution >= 0.6 is 0 Å². The Balaban J connectivity index is 1.89. The Morgan fingerprint density at radius 2 is 1.91 bits per heavy atom. The average molecular weight is 298 g/mol. The van der Waals surface area contributed by atoms with Gasteiger partial charge >= 0.3 is 0 Å². The van der Waals surface area contributed by atoms with Crippen LogP contribution in [0.25, 0.3) is 0 Å².